The van der Waals surface area contributed by atoms with E-state index in [2.05, 4.69) is 28.2 Å². The first-order valence-electron chi connectivity index (χ1n) is 6.67. The van der Waals surface area contributed by atoms with Crippen LogP contribution in [0.2, 0.25) is 0 Å². The minimum absolute atomic E-state index is 0.877. The van der Waals surface area contributed by atoms with Crippen LogP contribution in [0.3, 0.4) is 0 Å². The maximum Gasteiger partial charge on any atom is 0.0598 e. The van der Waals surface area contributed by atoms with E-state index in [1.807, 2.05) is 19.4 Å². The molecule has 1 atom stereocenters. The smallest absolute Gasteiger partial charge is 0.0598 e. The summed E-state index contributed by atoms with van der Waals surface area (Å²) in [4.78, 5) is 6.77. The zero-order valence-corrected chi connectivity index (χ0v) is 10.9. The van der Waals surface area contributed by atoms with Crippen molar-refractivity contribution in [3.05, 3.63) is 24.0 Å². The molecule has 1 N–H and O–H groups in total. The van der Waals surface area contributed by atoms with Crippen molar-refractivity contribution in [2.75, 3.05) is 25.0 Å². The van der Waals surface area contributed by atoms with Gasteiger partial charge in [-0.3, -0.25) is 4.98 Å². The lowest BCUT2D eigenvalue weighted by Crippen LogP contribution is -2.22. The molecule has 1 aliphatic heterocycles. The topological polar surface area (TPSA) is 28.2 Å². The molecule has 94 valence electrons. The second-order valence-electron chi connectivity index (χ2n) is 4.92. The molecule has 0 spiro atoms. The number of hydrogen-bond acceptors (Lipinski definition) is 3. The van der Waals surface area contributed by atoms with E-state index in [0.29, 0.717) is 0 Å². The third kappa shape index (κ3) is 2.97. The van der Waals surface area contributed by atoms with Gasteiger partial charge in [-0.05, 0) is 37.4 Å². The first kappa shape index (κ1) is 12.4. The molecular formula is C14H23N3. The van der Waals surface area contributed by atoms with E-state index in [9.17, 15) is 0 Å². The van der Waals surface area contributed by atoms with Crippen molar-refractivity contribution in [3.63, 3.8) is 0 Å². The summed E-state index contributed by atoms with van der Waals surface area (Å²) in [5.74, 6) is 0.877. The highest BCUT2D eigenvalue weighted by molar-refractivity contribution is 5.52. The van der Waals surface area contributed by atoms with Crippen LogP contribution in [-0.4, -0.2) is 25.1 Å². The van der Waals surface area contributed by atoms with Crippen molar-refractivity contribution in [2.45, 2.75) is 32.7 Å². The second kappa shape index (κ2) is 6.01. The molecule has 1 aromatic rings. The number of hydrogen-bond donors (Lipinski definition) is 1. The fourth-order valence-electron chi connectivity index (χ4n) is 2.73. The summed E-state index contributed by atoms with van der Waals surface area (Å²) in [5, 5.41) is 3.23. The molecule has 3 nitrogen and oxygen atoms in total. The maximum atomic E-state index is 4.27. The van der Waals surface area contributed by atoms with Crippen LogP contribution in [0.4, 0.5) is 5.69 Å². The van der Waals surface area contributed by atoms with Gasteiger partial charge in [0.15, 0.2) is 0 Å². The van der Waals surface area contributed by atoms with Crippen molar-refractivity contribution >= 4 is 5.69 Å². The van der Waals surface area contributed by atoms with E-state index in [-0.39, 0.29) is 0 Å². The summed E-state index contributed by atoms with van der Waals surface area (Å²) in [5.41, 5.74) is 2.68. The Morgan fingerprint density at radius 2 is 2.41 bits per heavy atom. The molecule has 1 fully saturated rings. The zero-order chi connectivity index (χ0) is 12.1. The molecule has 2 rings (SSSR count). The highest BCUT2D eigenvalue weighted by atomic mass is 15.2. The number of rotatable bonds is 5. The molecule has 0 aromatic carbocycles. The Balaban J connectivity index is 2.07. The van der Waals surface area contributed by atoms with Crippen molar-refractivity contribution in [3.8, 4) is 0 Å². The monoisotopic (exact) mass is 233 g/mol. The number of nitrogens with one attached hydrogen (secondary N) is 1. The van der Waals surface area contributed by atoms with Crippen LogP contribution in [0.15, 0.2) is 18.5 Å². The second-order valence-corrected chi connectivity index (χ2v) is 4.92. The minimum Gasteiger partial charge on any atom is -0.370 e. The van der Waals surface area contributed by atoms with E-state index in [1.54, 1.807) is 0 Å². The van der Waals surface area contributed by atoms with E-state index in [0.717, 1.165) is 12.5 Å². The molecular weight excluding hydrogens is 210 g/mol. The number of nitrogens with zero attached hydrogens (tertiary/aromatic N) is 2. The predicted octanol–water partition coefficient (Wildman–Crippen LogP) is 2.43. The lowest BCUT2D eigenvalue weighted by Gasteiger charge is -2.21. The Kier molecular flexibility index (Phi) is 4.37. The van der Waals surface area contributed by atoms with E-state index in [4.69, 9.17) is 0 Å². The summed E-state index contributed by atoms with van der Waals surface area (Å²) in [6.45, 7) is 5.59. The van der Waals surface area contributed by atoms with Crippen LogP contribution >= 0.6 is 0 Å². The first-order chi connectivity index (χ1) is 8.35. The molecule has 2 heterocycles. The van der Waals surface area contributed by atoms with Crippen LogP contribution in [-0.2, 0) is 6.54 Å². The van der Waals surface area contributed by atoms with Crippen LogP contribution in [0.25, 0.3) is 0 Å². The Morgan fingerprint density at radius 1 is 1.53 bits per heavy atom. The molecule has 3 heteroatoms. The van der Waals surface area contributed by atoms with Crippen molar-refractivity contribution in [1.82, 2.24) is 10.3 Å². The Morgan fingerprint density at radius 3 is 3.18 bits per heavy atom. The molecule has 1 aliphatic rings. The number of anilines is 1. The third-order valence-corrected chi connectivity index (χ3v) is 3.58. The quantitative estimate of drug-likeness (QED) is 0.846. The van der Waals surface area contributed by atoms with Crippen molar-refractivity contribution in [1.29, 1.82) is 0 Å². The maximum absolute atomic E-state index is 4.27. The summed E-state index contributed by atoms with van der Waals surface area (Å²) in [7, 11) is 1.99. The fourth-order valence-corrected chi connectivity index (χ4v) is 2.73. The van der Waals surface area contributed by atoms with Crippen molar-refractivity contribution in [2.24, 2.45) is 5.92 Å². The lowest BCUT2D eigenvalue weighted by atomic mass is 10.0. The van der Waals surface area contributed by atoms with Gasteiger partial charge >= 0.3 is 0 Å². The van der Waals surface area contributed by atoms with Crippen LogP contribution in [0.5, 0.6) is 0 Å². The number of pyridine rings is 1. The average Bonchev–Trinajstić information content (AvgIpc) is 2.79. The van der Waals surface area contributed by atoms with Gasteiger partial charge in [0.25, 0.3) is 0 Å². The average molecular weight is 233 g/mol. The third-order valence-electron chi connectivity index (χ3n) is 3.58. The summed E-state index contributed by atoms with van der Waals surface area (Å²) in [6.07, 6.45) is 7.89. The van der Waals surface area contributed by atoms with Gasteiger partial charge < -0.3 is 10.2 Å². The molecule has 0 aliphatic carbocycles. The molecule has 0 amide bonds. The van der Waals surface area contributed by atoms with E-state index >= 15 is 0 Å². The number of aromatic nitrogens is 1. The minimum atomic E-state index is 0.877. The van der Waals surface area contributed by atoms with Crippen LogP contribution in [0, 0.1) is 5.92 Å². The molecule has 0 radical (unpaired) electrons. The summed E-state index contributed by atoms with van der Waals surface area (Å²) in [6, 6.07) is 2.12. The van der Waals surface area contributed by atoms with Gasteiger partial charge in [-0.1, -0.05) is 13.3 Å². The van der Waals surface area contributed by atoms with Crippen molar-refractivity contribution < 1.29 is 0 Å². The van der Waals surface area contributed by atoms with Gasteiger partial charge in [-0.25, -0.2) is 0 Å². The fraction of sp³-hybridized carbons (Fsp3) is 0.643. The Labute approximate surface area is 104 Å². The zero-order valence-electron chi connectivity index (χ0n) is 10.9. The van der Waals surface area contributed by atoms with Gasteiger partial charge in [0.05, 0.1) is 11.9 Å². The highest BCUT2D eigenvalue weighted by Crippen LogP contribution is 2.28. The predicted molar refractivity (Wildman–Crippen MR) is 72.2 cm³/mol. The SMILES string of the molecule is CCCC1CCN(c2cnccc2CNC)C1. The van der Waals surface area contributed by atoms with Gasteiger partial charge in [-0.15, -0.1) is 0 Å². The Bertz CT molecular complexity index is 351. The molecule has 1 saturated heterocycles. The standard InChI is InChI=1S/C14H23N3/c1-3-4-12-6-8-17(11-12)14-10-16-7-5-13(14)9-15-2/h5,7,10,12,15H,3-4,6,8-9,11H2,1-2H3. The normalized spacial score (nSPS) is 19.9. The lowest BCUT2D eigenvalue weighted by molar-refractivity contribution is 0.529. The van der Waals surface area contributed by atoms with E-state index < -0.39 is 0 Å². The summed E-state index contributed by atoms with van der Waals surface area (Å²) >= 11 is 0. The Hall–Kier alpha value is -1.09. The molecule has 1 unspecified atom stereocenters. The molecule has 17 heavy (non-hydrogen) atoms. The van der Waals surface area contributed by atoms with Gasteiger partial charge in [-0.2, -0.15) is 0 Å². The summed E-state index contributed by atoms with van der Waals surface area (Å²) < 4.78 is 0. The van der Waals surface area contributed by atoms with Gasteiger partial charge in [0.1, 0.15) is 0 Å². The highest BCUT2D eigenvalue weighted by Gasteiger charge is 2.23. The van der Waals surface area contributed by atoms with E-state index in [1.165, 1.54) is 43.6 Å². The van der Waals surface area contributed by atoms with Gasteiger partial charge in [0.2, 0.25) is 0 Å². The largest absolute Gasteiger partial charge is 0.370 e. The van der Waals surface area contributed by atoms with Gasteiger partial charge in [0, 0.05) is 25.8 Å². The molecule has 0 bridgehead atoms. The first-order valence-corrected chi connectivity index (χ1v) is 6.67. The van der Waals surface area contributed by atoms with Crippen LogP contribution < -0.4 is 10.2 Å². The molecule has 0 saturated carbocycles. The van der Waals surface area contributed by atoms with Crippen LogP contribution in [0.1, 0.15) is 31.7 Å². The molecule has 1 aromatic heterocycles.